The van der Waals surface area contributed by atoms with Gasteiger partial charge in [0.2, 0.25) is 5.91 Å². The van der Waals surface area contributed by atoms with Gasteiger partial charge in [0, 0.05) is 48.0 Å². The Morgan fingerprint density at radius 3 is 2.26 bits per heavy atom. The topological polar surface area (TPSA) is 73.5 Å². The Hall–Kier alpha value is -3.16. The molecule has 1 atom stereocenters. The average Bonchev–Trinajstić information content (AvgIpc) is 3.44. The van der Waals surface area contributed by atoms with Crippen LogP contribution in [0.25, 0.3) is 10.4 Å². The first kappa shape index (κ1) is 21.1. The minimum Gasteiger partial charge on any atom is -0.370 e. The van der Waals surface area contributed by atoms with E-state index in [4.69, 9.17) is 0 Å². The van der Waals surface area contributed by atoms with Gasteiger partial charge in [0.05, 0.1) is 4.88 Å². The minimum absolute atomic E-state index is 0.0987. The smallest absolute Gasteiger partial charge is 0.265 e. The van der Waals surface area contributed by atoms with Gasteiger partial charge in [-0.15, -0.1) is 11.3 Å². The number of rotatable bonds is 6. The molecule has 1 aliphatic rings. The Bertz CT molecular complexity index is 1060. The van der Waals surface area contributed by atoms with Crippen molar-refractivity contribution in [1.29, 1.82) is 0 Å². The predicted octanol–water partition coefficient (Wildman–Crippen LogP) is 4.42. The van der Waals surface area contributed by atoms with E-state index < -0.39 is 0 Å². The van der Waals surface area contributed by atoms with Gasteiger partial charge in [0.25, 0.3) is 5.91 Å². The summed E-state index contributed by atoms with van der Waals surface area (Å²) in [6.45, 7) is 3.53. The molecule has 0 bridgehead atoms. The van der Waals surface area contributed by atoms with Gasteiger partial charge in [-0.3, -0.25) is 9.59 Å². The van der Waals surface area contributed by atoms with Gasteiger partial charge in [0.15, 0.2) is 0 Å². The van der Waals surface area contributed by atoms with E-state index in [0.29, 0.717) is 10.9 Å². The highest BCUT2D eigenvalue weighted by Gasteiger charge is 2.21. The Morgan fingerprint density at radius 1 is 0.935 bits per heavy atom. The number of carbonyl (C=O) groups is 2. The normalized spacial score (nSPS) is 15.7. The second-order valence-electron chi connectivity index (χ2n) is 7.64. The highest BCUT2D eigenvalue weighted by Crippen LogP contribution is 2.30. The molecule has 160 valence electrons. The number of benzene rings is 2. The fourth-order valence-electron chi connectivity index (χ4n) is 3.71. The molecule has 6 nitrogen and oxygen atoms in total. The Morgan fingerprint density at radius 2 is 1.61 bits per heavy atom. The molecule has 3 aromatic rings. The first-order valence-electron chi connectivity index (χ1n) is 10.3. The number of anilines is 3. The number of nitrogens with zero attached hydrogens (tertiary/aromatic N) is 1. The van der Waals surface area contributed by atoms with Crippen LogP contribution < -0.4 is 20.9 Å². The SMILES string of the molecule is CNC1CCN(c2ccc(NC(=O)c3ccc(-c4ccc(NC(C)=O)cc4)s3)cc2)C1. The van der Waals surface area contributed by atoms with Crippen LogP contribution in [0.1, 0.15) is 23.0 Å². The zero-order valence-corrected chi connectivity index (χ0v) is 18.5. The summed E-state index contributed by atoms with van der Waals surface area (Å²) >= 11 is 1.44. The molecule has 0 radical (unpaired) electrons. The maximum Gasteiger partial charge on any atom is 0.265 e. The zero-order chi connectivity index (χ0) is 21.8. The molecule has 4 rings (SSSR count). The van der Waals surface area contributed by atoms with E-state index in [2.05, 4.69) is 33.0 Å². The highest BCUT2D eigenvalue weighted by molar-refractivity contribution is 7.17. The lowest BCUT2D eigenvalue weighted by Gasteiger charge is -2.19. The van der Waals surface area contributed by atoms with Crippen LogP contribution in [0, 0.1) is 0 Å². The zero-order valence-electron chi connectivity index (χ0n) is 17.6. The van der Waals surface area contributed by atoms with Gasteiger partial charge >= 0.3 is 0 Å². The maximum absolute atomic E-state index is 12.7. The molecule has 7 heteroatoms. The number of likely N-dealkylation sites (N-methyl/N-ethyl adjacent to an activating group) is 1. The van der Waals surface area contributed by atoms with E-state index in [9.17, 15) is 9.59 Å². The predicted molar refractivity (Wildman–Crippen MR) is 128 cm³/mol. The molecule has 1 aromatic heterocycles. The highest BCUT2D eigenvalue weighted by atomic mass is 32.1. The summed E-state index contributed by atoms with van der Waals surface area (Å²) in [6.07, 6.45) is 1.14. The van der Waals surface area contributed by atoms with E-state index in [1.165, 1.54) is 23.9 Å². The summed E-state index contributed by atoms with van der Waals surface area (Å²) in [6, 6.07) is 19.9. The van der Waals surface area contributed by atoms with Crippen molar-refractivity contribution >= 4 is 40.2 Å². The molecule has 1 unspecified atom stereocenters. The van der Waals surface area contributed by atoms with Crippen molar-refractivity contribution in [3.8, 4) is 10.4 Å². The summed E-state index contributed by atoms with van der Waals surface area (Å²) in [4.78, 5) is 27.9. The van der Waals surface area contributed by atoms with Crippen LogP contribution in [0.3, 0.4) is 0 Å². The van der Waals surface area contributed by atoms with Gasteiger partial charge < -0.3 is 20.9 Å². The van der Waals surface area contributed by atoms with Gasteiger partial charge in [-0.1, -0.05) is 12.1 Å². The Kier molecular flexibility index (Phi) is 6.34. The van der Waals surface area contributed by atoms with E-state index in [1.54, 1.807) is 0 Å². The molecule has 1 aliphatic heterocycles. The molecule has 31 heavy (non-hydrogen) atoms. The van der Waals surface area contributed by atoms with E-state index in [1.807, 2.05) is 55.6 Å². The number of hydrogen-bond acceptors (Lipinski definition) is 5. The average molecular weight is 435 g/mol. The monoisotopic (exact) mass is 434 g/mol. The fraction of sp³-hybridized carbons (Fsp3) is 0.250. The molecule has 0 spiro atoms. The molecular formula is C24H26N4O2S. The Balaban J connectivity index is 1.38. The van der Waals surface area contributed by atoms with E-state index >= 15 is 0 Å². The lowest BCUT2D eigenvalue weighted by molar-refractivity contribution is -0.114. The van der Waals surface area contributed by atoms with Crippen molar-refractivity contribution in [2.24, 2.45) is 0 Å². The number of amides is 2. The second-order valence-corrected chi connectivity index (χ2v) is 8.73. The van der Waals surface area contributed by atoms with Gasteiger partial charge in [-0.2, -0.15) is 0 Å². The number of nitrogens with one attached hydrogen (secondary N) is 3. The molecule has 0 aliphatic carbocycles. The molecule has 2 amide bonds. The first-order chi connectivity index (χ1) is 15.0. The lowest BCUT2D eigenvalue weighted by atomic mass is 10.2. The van der Waals surface area contributed by atoms with Crippen LogP contribution in [0.4, 0.5) is 17.1 Å². The summed E-state index contributed by atoms with van der Waals surface area (Å²) in [7, 11) is 2.00. The Labute approximate surface area is 186 Å². The lowest BCUT2D eigenvalue weighted by Crippen LogP contribution is -2.29. The van der Waals surface area contributed by atoms with Crippen LogP contribution >= 0.6 is 11.3 Å². The summed E-state index contributed by atoms with van der Waals surface area (Å²) < 4.78 is 0. The summed E-state index contributed by atoms with van der Waals surface area (Å²) in [5, 5.41) is 9.07. The molecule has 1 fully saturated rings. The molecule has 3 N–H and O–H groups in total. The van der Waals surface area contributed by atoms with Gasteiger partial charge in [-0.05, 0) is 67.6 Å². The maximum atomic E-state index is 12.7. The minimum atomic E-state index is -0.115. The van der Waals surface area contributed by atoms with Crippen molar-refractivity contribution in [2.45, 2.75) is 19.4 Å². The van der Waals surface area contributed by atoms with Gasteiger partial charge in [0.1, 0.15) is 0 Å². The molecule has 0 saturated carbocycles. The number of thiophene rings is 1. The molecule has 2 heterocycles. The third-order valence-electron chi connectivity index (χ3n) is 5.41. The third-order valence-corrected chi connectivity index (χ3v) is 6.54. The van der Waals surface area contributed by atoms with Crippen molar-refractivity contribution in [2.75, 3.05) is 35.7 Å². The van der Waals surface area contributed by atoms with Crippen LogP contribution in [0.5, 0.6) is 0 Å². The van der Waals surface area contributed by atoms with Crippen LogP contribution in [0.15, 0.2) is 60.7 Å². The summed E-state index contributed by atoms with van der Waals surface area (Å²) in [5.41, 5.74) is 3.72. The van der Waals surface area contributed by atoms with Crippen LogP contribution in [-0.2, 0) is 4.79 Å². The van der Waals surface area contributed by atoms with Crippen molar-refractivity contribution in [3.63, 3.8) is 0 Å². The van der Waals surface area contributed by atoms with E-state index in [0.717, 1.165) is 41.3 Å². The quantitative estimate of drug-likeness (QED) is 0.537. The van der Waals surface area contributed by atoms with Crippen molar-refractivity contribution in [3.05, 3.63) is 65.5 Å². The molecule has 1 saturated heterocycles. The first-order valence-corrected chi connectivity index (χ1v) is 11.1. The second kappa shape index (κ2) is 9.32. The molecule has 2 aromatic carbocycles. The van der Waals surface area contributed by atoms with Crippen LogP contribution in [-0.4, -0.2) is 38.0 Å². The van der Waals surface area contributed by atoms with Crippen LogP contribution in [0.2, 0.25) is 0 Å². The largest absolute Gasteiger partial charge is 0.370 e. The van der Waals surface area contributed by atoms with Crippen molar-refractivity contribution in [1.82, 2.24) is 5.32 Å². The van der Waals surface area contributed by atoms with E-state index in [-0.39, 0.29) is 11.8 Å². The van der Waals surface area contributed by atoms with Crippen molar-refractivity contribution < 1.29 is 9.59 Å². The van der Waals surface area contributed by atoms with Gasteiger partial charge in [-0.25, -0.2) is 0 Å². The number of hydrogen-bond donors (Lipinski definition) is 3. The standard InChI is InChI=1S/C24H26N4O2S/c1-16(29)26-18-5-3-17(4-6-18)22-11-12-23(31-22)24(30)27-19-7-9-21(10-8-19)28-14-13-20(15-28)25-2/h3-12,20,25H,13-15H2,1-2H3,(H,26,29)(H,27,30). The molecular weight excluding hydrogens is 408 g/mol. The fourth-order valence-corrected chi connectivity index (χ4v) is 4.62. The third kappa shape index (κ3) is 5.13. The number of carbonyl (C=O) groups excluding carboxylic acids is 2. The summed E-state index contributed by atoms with van der Waals surface area (Å²) in [5.74, 6) is -0.214.